The molecule has 0 spiro atoms. The zero-order valence-electron chi connectivity index (χ0n) is 15.9. The van der Waals surface area contributed by atoms with Crippen molar-refractivity contribution < 1.29 is 19.1 Å². The smallest absolute Gasteiger partial charge is 0.308 e. The Morgan fingerprint density at radius 1 is 0.862 bits per heavy atom. The van der Waals surface area contributed by atoms with E-state index in [0.717, 1.165) is 5.56 Å². The number of rotatable bonds is 5. The zero-order valence-corrected chi connectivity index (χ0v) is 15.9. The highest BCUT2D eigenvalue weighted by Gasteiger charge is 2.25. The number of carbonyl (C=O) groups excluding carboxylic acids is 2. The van der Waals surface area contributed by atoms with Gasteiger partial charge in [-0.15, -0.1) is 0 Å². The maximum absolute atomic E-state index is 11.8. The van der Waals surface area contributed by atoms with Crippen LogP contribution in [-0.2, 0) is 9.59 Å². The van der Waals surface area contributed by atoms with Gasteiger partial charge in [-0.25, -0.2) is 0 Å². The standard InChI is InChI=1S/C22H18N3O4/c1-14(26)28-21-17-10-6-7-11-18(17)22(29-15(2)27)20(24-25-23)19(21)13-12-16-8-4-3-5-9-16/h3-13,23H,1-2H3/q+1/b13-12+. The summed E-state index contributed by atoms with van der Waals surface area (Å²) >= 11 is 0. The van der Waals surface area contributed by atoms with Crippen LogP contribution in [0, 0.1) is 5.53 Å². The molecular weight excluding hydrogens is 370 g/mol. The average Bonchev–Trinajstić information content (AvgIpc) is 2.70. The van der Waals surface area contributed by atoms with E-state index in [0.29, 0.717) is 16.3 Å². The minimum atomic E-state index is -0.546. The van der Waals surface area contributed by atoms with Crippen molar-refractivity contribution in [1.82, 2.24) is 4.91 Å². The number of esters is 2. The van der Waals surface area contributed by atoms with Gasteiger partial charge < -0.3 is 9.47 Å². The Bertz CT molecular complexity index is 1160. The third-order valence-electron chi connectivity index (χ3n) is 4.01. The van der Waals surface area contributed by atoms with E-state index in [1.807, 2.05) is 30.3 Å². The van der Waals surface area contributed by atoms with Crippen molar-refractivity contribution in [2.24, 2.45) is 5.11 Å². The molecule has 144 valence electrons. The summed E-state index contributed by atoms with van der Waals surface area (Å²) in [6.45, 7) is 2.57. The number of hydrogen-bond donors (Lipinski definition) is 1. The van der Waals surface area contributed by atoms with Crippen LogP contribution in [-0.4, -0.2) is 11.9 Å². The molecule has 0 aliphatic heterocycles. The Morgan fingerprint density at radius 2 is 1.41 bits per heavy atom. The number of benzene rings is 3. The van der Waals surface area contributed by atoms with Crippen molar-refractivity contribution in [2.75, 3.05) is 0 Å². The fourth-order valence-electron chi connectivity index (χ4n) is 2.93. The maximum Gasteiger partial charge on any atom is 0.308 e. The Morgan fingerprint density at radius 3 is 2.00 bits per heavy atom. The van der Waals surface area contributed by atoms with E-state index in [9.17, 15) is 9.59 Å². The summed E-state index contributed by atoms with van der Waals surface area (Å²) in [6, 6.07) is 16.5. The first-order chi connectivity index (χ1) is 14.0. The lowest BCUT2D eigenvalue weighted by Gasteiger charge is -2.15. The second-order valence-electron chi connectivity index (χ2n) is 6.10. The number of hydrogen-bond acceptors (Lipinski definition) is 6. The van der Waals surface area contributed by atoms with E-state index >= 15 is 0 Å². The van der Waals surface area contributed by atoms with Crippen LogP contribution in [0.3, 0.4) is 0 Å². The van der Waals surface area contributed by atoms with Gasteiger partial charge in [0.2, 0.25) is 10.6 Å². The number of nitrogens with zero attached hydrogens (tertiary/aromatic N) is 2. The lowest BCUT2D eigenvalue weighted by Crippen LogP contribution is -2.07. The first-order valence-electron chi connectivity index (χ1n) is 8.77. The molecule has 0 unspecified atom stereocenters. The molecule has 3 rings (SSSR count). The van der Waals surface area contributed by atoms with Crippen LogP contribution in [0.5, 0.6) is 11.5 Å². The molecule has 0 amide bonds. The number of ether oxygens (including phenoxy) is 2. The van der Waals surface area contributed by atoms with Gasteiger partial charge in [0, 0.05) is 24.6 Å². The van der Waals surface area contributed by atoms with Gasteiger partial charge in [-0.1, -0.05) is 60.7 Å². The van der Waals surface area contributed by atoms with E-state index in [1.165, 1.54) is 13.8 Å². The Hall–Kier alpha value is -4.09. The minimum absolute atomic E-state index is 0.123. The maximum atomic E-state index is 11.8. The van der Waals surface area contributed by atoms with Gasteiger partial charge in [0.25, 0.3) is 0 Å². The molecule has 1 N–H and O–H groups in total. The van der Waals surface area contributed by atoms with Crippen LogP contribution in [0.1, 0.15) is 25.0 Å². The van der Waals surface area contributed by atoms with Crippen LogP contribution in [0.2, 0.25) is 0 Å². The van der Waals surface area contributed by atoms with Gasteiger partial charge in [-0.3, -0.25) is 9.59 Å². The minimum Gasteiger partial charge on any atom is -0.425 e. The van der Waals surface area contributed by atoms with Gasteiger partial charge >= 0.3 is 11.9 Å². The molecule has 0 fully saturated rings. The first kappa shape index (κ1) is 19.7. The van der Waals surface area contributed by atoms with E-state index in [-0.39, 0.29) is 17.2 Å². The molecule has 3 aromatic rings. The highest BCUT2D eigenvalue weighted by molar-refractivity contribution is 6.04. The van der Waals surface area contributed by atoms with Crippen molar-refractivity contribution in [2.45, 2.75) is 13.8 Å². The zero-order chi connectivity index (χ0) is 20.8. The average molecular weight is 388 g/mol. The normalized spacial score (nSPS) is 10.6. The predicted molar refractivity (Wildman–Crippen MR) is 109 cm³/mol. The second-order valence-corrected chi connectivity index (χ2v) is 6.10. The van der Waals surface area contributed by atoms with Crippen LogP contribution in [0.25, 0.3) is 22.9 Å². The monoisotopic (exact) mass is 388 g/mol. The lowest BCUT2D eigenvalue weighted by molar-refractivity contribution is -0.132. The van der Waals surface area contributed by atoms with Crippen molar-refractivity contribution in [3.05, 3.63) is 65.7 Å². The molecule has 7 heteroatoms. The quantitative estimate of drug-likeness (QED) is 0.217. The van der Waals surface area contributed by atoms with E-state index < -0.39 is 11.9 Å². The third kappa shape index (κ3) is 4.43. The van der Waals surface area contributed by atoms with Gasteiger partial charge in [-0.2, -0.15) is 0 Å². The van der Waals surface area contributed by atoms with E-state index in [1.54, 1.807) is 36.4 Å². The van der Waals surface area contributed by atoms with Crippen LogP contribution in [0.4, 0.5) is 5.69 Å². The van der Waals surface area contributed by atoms with E-state index in [4.69, 9.17) is 15.0 Å². The second kappa shape index (κ2) is 8.73. The van der Waals surface area contributed by atoms with Gasteiger partial charge in [-0.05, 0) is 11.6 Å². The Balaban J connectivity index is 2.39. The summed E-state index contributed by atoms with van der Waals surface area (Å²) in [6.07, 6.45) is 3.49. The van der Waals surface area contributed by atoms with Crippen molar-refractivity contribution >= 4 is 40.6 Å². The molecular formula is C22H18N3O4+. The molecule has 0 radical (unpaired) electrons. The molecule has 3 aromatic carbocycles. The third-order valence-corrected chi connectivity index (χ3v) is 4.01. The summed E-state index contributed by atoms with van der Waals surface area (Å²) in [5.41, 5.74) is 8.61. The van der Waals surface area contributed by atoms with Crippen molar-refractivity contribution in [1.29, 1.82) is 5.53 Å². The highest BCUT2D eigenvalue weighted by Crippen LogP contribution is 2.46. The van der Waals surface area contributed by atoms with Gasteiger partial charge in [0.05, 0.1) is 5.56 Å². The molecule has 0 aliphatic carbocycles. The van der Waals surface area contributed by atoms with Crippen molar-refractivity contribution in [3.8, 4) is 11.5 Å². The van der Waals surface area contributed by atoms with Gasteiger partial charge in [0.15, 0.2) is 10.9 Å². The number of fused-ring (bicyclic) bond motifs is 1. The predicted octanol–water partition coefficient (Wildman–Crippen LogP) is 5.04. The molecule has 7 nitrogen and oxygen atoms in total. The summed E-state index contributed by atoms with van der Waals surface area (Å²) in [5.74, 6) is -0.667. The van der Waals surface area contributed by atoms with Crippen LogP contribution >= 0.6 is 0 Å². The fourth-order valence-corrected chi connectivity index (χ4v) is 2.93. The molecule has 0 atom stereocenters. The largest absolute Gasteiger partial charge is 0.425 e. The van der Waals surface area contributed by atoms with E-state index in [2.05, 4.69) is 10.0 Å². The van der Waals surface area contributed by atoms with Crippen LogP contribution in [0.15, 0.2) is 59.7 Å². The summed E-state index contributed by atoms with van der Waals surface area (Å²) in [7, 11) is 0. The summed E-state index contributed by atoms with van der Waals surface area (Å²) < 4.78 is 10.9. The van der Waals surface area contributed by atoms with Crippen LogP contribution < -0.4 is 14.4 Å². The molecule has 0 aromatic heterocycles. The molecule has 0 aliphatic rings. The SMILES string of the molecule is CC(=O)Oc1c(/C=C/c2ccccc2)c(N=[N+]=N)c(OC(C)=O)c2ccccc12. The fraction of sp³-hybridized carbons (Fsp3) is 0.0909. The number of nitrogens with one attached hydrogen (secondary N) is 1. The molecule has 0 heterocycles. The summed E-state index contributed by atoms with van der Waals surface area (Å²) in [5, 5.41) is 4.94. The summed E-state index contributed by atoms with van der Waals surface area (Å²) in [4.78, 5) is 26.6. The molecule has 0 saturated carbocycles. The number of carbonyl (C=O) groups is 2. The molecule has 0 bridgehead atoms. The first-order valence-corrected chi connectivity index (χ1v) is 8.77. The Labute approximate surface area is 166 Å². The Kier molecular flexibility index (Phi) is 5.92. The lowest BCUT2D eigenvalue weighted by atomic mass is 10.0. The van der Waals surface area contributed by atoms with Gasteiger partial charge in [0.1, 0.15) is 11.3 Å². The topological polar surface area (TPSA) is 103 Å². The molecule has 29 heavy (non-hydrogen) atoms. The molecule has 0 saturated heterocycles. The highest BCUT2D eigenvalue weighted by atomic mass is 16.5. The van der Waals surface area contributed by atoms with Crippen molar-refractivity contribution in [3.63, 3.8) is 0 Å².